The summed E-state index contributed by atoms with van der Waals surface area (Å²) in [5.74, 6) is 2.46. The summed E-state index contributed by atoms with van der Waals surface area (Å²) >= 11 is 0. The minimum absolute atomic E-state index is 0.400. The van der Waals surface area contributed by atoms with Crippen LogP contribution in [0.3, 0.4) is 0 Å². The molecule has 3 unspecified atom stereocenters. The van der Waals surface area contributed by atoms with Crippen LogP contribution in [0.1, 0.15) is 100 Å². The zero-order valence-corrected chi connectivity index (χ0v) is 17.5. The van der Waals surface area contributed by atoms with E-state index in [9.17, 15) is 0 Å². The Morgan fingerprint density at radius 1 is 1.04 bits per heavy atom. The van der Waals surface area contributed by atoms with E-state index < -0.39 is 0 Å². The van der Waals surface area contributed by atoms with E-state index in [1.807, 2.05) is 0 Å². The Bertz CT molecular complexity index is 371. The van der Waals surface area contributed by atoms with Gasteiger partial charge in [0.15, 0.2) is 0 Å². The first-order valence-corrected chi connectivity index (χ1v) is 10.3. The van der Waals surface area contributed by atoms with E-state index in [0.717, 1.165) is 24.2 Å². The summed E-state index contributed by atoms with van der Waals surface area (Å²) in [6, 6.07) is 0. The van der Waals surface area contributed by atoms with Crippen LogP contribution in [0.5, 0.6) is 0 Å². The van der Waals surface area contributed by atoms with Gasteiger partial charge in [-0.3, -0.25) is 0 Å². The number of rotatable bonds is 11. The fourth-order valence-electron chi connectivity index (χ4n) is 6.04. The molecular weight excluding hydrogens is 276 g/mol. The van der Waals surface area contributed by atoms with E-state index >= 15 is 0 Å². The predicted molar refractivity (Wildman–Crippen MR) is 106 cm³/mol. The zero-order chi connectivity index (χ0) is 17.9. The molecule has 0 aromatic rings. The first-order chi connectivity index (χ1) is 10.6. The van der Waals surface area contributed by atoms with Crippen molar-refractivity contribution in [3.8, 4) is 0 Å². The van der Waals surface area contributed by atoms with Gasteiger partial charge in [-0.2, -0.15) is 0 Å². The molecule has 0 heteroatoms. The Morgan fingerprint density at radius 2 is 1.61 bits per heavy atom. The van der Waals surface area contributed by atoms with E-state index in [2.05, 4.69) is 68.0 Å². The Balaban J connectivity index is 3.42. The molecule has 1 fully saturated rings. The molecule has 23 heavy (non-hydrogen) atoms. The summed E-state index contributed by atoms with van der Waals surface area (Å²) in [5, 5.41) is 0. The number of hydrogen-bond acceptors (Lipinski definition) is 0. The molecule has 0 N–H and O–H groups in total. The lowest BCUT2D eigenvalue weighted by molar-refractivity contribution is -0.125. The van der Waals surface area contributed by atoms with Crippen LogP contribution < -0.4 is 0 Å². The summed E-state index contributed by atoms with van der Waals surface area (Å²) in [4.78, 5) is 0. The van der Waals surface area contributed by atoms with Crippen molar-refractivity contribution in [2.45, 2.75) is 100 Å². The fraction of sp³-hybridized carbons (Fsp3) is 0.913. The largest absolute Gasteiger partial charge is 0.103 e. The molecule has 0 aromatic carbocycles. The Morgan fingerprint density at radius 3 is 1.91 bits per heavy atom. The second-order valence-electron chi connectivity index (χ2n) is 9.46. The number of allylic oxidation sites excluding steroid dienone is 1. The second-order valence-corrected chi connectivity index (χ2v) is 9.46. The maximum absolute atomic E-state index is 4.03. The van der Waals surface area contributed by atoms with Crippen molar-refractivity contribution < 1.29 is 0 Å². The van der Waals surface area contributed by atoms with Crippen molar-refractivity contribution in [2.75, 3.05) is 0 Å². The molecule has 3 atom stereocenters. The van der Waals surface area contributed by atoms with Crippen molar-refractivity contribution in [2.24, 2.45) is 34.0 Å². The SMILES string of the molecule is C=CCCC(CC)(CC(C)C)C(C)(CC)C(C)(C(C)C)C1CC1. The van der Waals surface area contributed by atoms with Crippen LogP contribution in [-0.2, 0) is 0 Å². The first-order valence-electron chi connectivity index (χ1n) is 10.3. The molecule has 0 nitrogen and oxygen atoms in total. The van der Waals surface area contributed by atoms with Crippen LogP contribution in [0.25, 0.3) is 0 Å². The highest BCUT2D eigenvalue weighted by Crippen LogP contribution is 2.68. The highest BCUT2D eigenvalue weighted by atomic mass is 14.7. The normalized spacial score (nSPS) is 23.4. The fourth-order valence-corrected chi connectivity index (χ4v) is 6.04. The van der Waals surface area contributed by atoms with Gasteiger partial charge in [-0.1, -0.05) is 61.5 Å². The molecule has 0 aromatic heterocycles. The summed E-state index contributed by atoms with van der Waals surface area (Å²) in [6.07, 6.45) is 11.5. The van der Waals surface area contributed by atoms with Gasteiger partial charge in [0.25, 0.3) is 0 Å². The first kappa shape index (κ1) is 20.8. The molecule has 0 aliphatic heterocycles. The maximum Gasteiger partial charge on any atom is -0.0213 e. The van der Waals surface area contributed by atoms with Crippen molar-refractivity contribution in [3.05, 3.63) is 12.7 Å². The Kier molecular flexibility index (Phi) is 7.00. The second kappa shape index (κ2) is 7.75. The van der Waals surface area contributed by atoms with Gasteiger partial charge in [0.1, 0.15) is 0 Å². The molecule has 1 aliphatic rings. The van der Waals surface area contributed by atoms with E-state index in [0.29, 0.717) is 16.2 Å². The summed E-state index contributed by atoms with van der Waals surface area (Å²) in [6.45, 7) is 24.0. The third kappa shape index (κ3) is 3.57. The lowest BCUT2D eigenvalue weighted by atomic mass is 9.43. The molecular formula is C23H44. The lowest BCUT2D eigenvalue weighted by Crippen LogP contribution is -2.54. The van der Waals surface area contributed by atoms with Crippen LogP contribution in [0.4, 0.5) is 0 Å². The maximum atomic E-state index is 4.03. The van der Waals surface area contributed by atoms with Crippen LogP contribution in [0, 0.1) is 34.0 Å². The van der Waals surface area contributed by atoms with Crippen molar-refractivity contribution in [1.82, 2.24) is 0 Å². The van der Waals surface area contributed by atoms with Crippen LogP contribution in [0.15, 0.2) is 12.7 Å². The van der Waals surface area contributed by atoms with Gasteiger partial charge >= 0.3 is 0 Å². The average Bonchev–Trinajstić information content (AvgIpc) is 3.34. The van der Waals surface area contributed by atoms with Gasteiger partial charge in [-0.25, -0.2) is 0 Å². The topological polar surface area (TPSA) is 0 Å². The van der Waals surface area contributed by atoms with E-state index in [-0.39, 0.29) is 0 Å². The standard InChI is InChI=1S/C23H44/c1-10-13-16-23(12-3,17-18(4)5)21(8,11-2)22(9,19(6)7)20-14-15-20/h10,18-20H,1,11-17H2,2-9H3. The lowest BCUT2D eigenvalue weighted by Gasteiger charge is -2.61. The monoisotopic (exact) mass is 320 g/mol. The Hall–Kier alpha value is -0.260. The minimum atomic E-state index is 0.400. The smallest absolute Gasteiger partial charge is 0.0213 e. The van der Waals surface area contributed by atoms with Crippen LogP contribution >= 0.6 is 0 Å². The highest BCUT2D eigenvalue weighted by molar-refractivity contribution is 5.10. The number of hydrogen-bond donors (Lipinski definition) is 0. The summed E-state index contributed by atoms with van der Waals surface area (Å²) in [7, 11) is 0. The zero-order valence-electron chi connectivity index (χ0n) is 17.5. The van der Waals surface area contributed by atoms with Crippen molar-refractivity contribution in [3.63, 3.8) is 0 Å². The van der Waals surface area contributed by atoms with Crippen molar-refractivity contribution >= 4 is 0 Å². The van der Waals surface area contributed by atoms with Gasteiger partial charge < -0.3 is 0 Å². The molecule has 0 radical (unpaired) electrons. The average molecular weight is 321 g/mol. The minimum Gasteiger partial charge on any atom is -0.103 e. The summed E-state index contributed by atoms with van der Waals surface area (Å²) < 4.78 is 0. The van der Waals surface area contributed by atoms with Crippen LogP contribution in [0.2, 0.25) is 0 Å². The molecule has 1 saturated carbocycles. The van der Waals surface area contributed by atoms with Gasteiger partial charge in [-0.15, -0.1) is 6.58 Å². The van der Waals surface area contributed by atoms with Gasteiger partial charge in [0.2, 0.25) is 0 Å². The highest BCUT2D eigenvalue weighted by Gasteiger charge is 2.61. The molecule has 0 bridgehead atoms. The third-order valence-electron chi connectivity index (χ3n) is 7.99. The van der Waals surface area contributed by atoms with Gasteiger partial charge in [0, 0.05) is 0 Å². The predicted octanol–water partition coefficient (Wildman–Crippen LogP) is 7.88. The third-order valence-corrected chi connectivity index (χ3v) is 7.99. The molecule has 1 rings (SSSR count). The van der Waals surface area contributed by atoms with Crippen molar-refractivity contribution in [1.29, 1.82) is 0 Å². The van der Waals surface area contributed by atoms with Crippen LogP contribution in [-0.4, -0.2) is 0 Å². The molecule has 0 amide bonds. The Labute approximate surface area is 147 Å². The molecule has 0 saturated heterocycles. The van der Waals surface area contributed by atoms with Gasteiger partial charge in [-0.05, 0) is 78.9 Å². The molecule has 0 spiro atoms. The van der Waals surface area contributed by atoms with E-state index in [4.69, 9.17) is 0 Å². The molecule has 136 valence electrons. The quantitative estimate of drug-likeness (QED) is 0.339. The molecule has 1 aliphatic carbocycles. The summed E-state index contributed by atoms with van der Waals surface area (Å²) in [5.41, 5.74) is 1.29. The van der Waals surface area contributed by atoms with Gasteiger partial charge in [0.05, 0.1) is 0 Å². The van der Waals surface area contributed by atoms with E-state index in [1.54, 1.807) is 0 Å². The van der Waals surface area contributed by atoms with E-state index in [1.165, 1.54) is 38.5 Å². The molecule has 0 heterocycles.